The Kier molecular flexibility index (Phi) is 5.00. The molecule has 1 unspecified atom stereocenters. The molecular formula is C13H23NO2. The number of carbonyl (C=O) groups is 1. The van der Waals surface area contributed by atoms with Crippen molar-refractivity contribution in [2.75, 3.05) is 20.7 Å². The molecule has 0 amide bonds. The number of likely N-dealkylation sites (tertiary alicyclic amines) is 1. The summed E-state index contributed by atoms with van der Waals surface area (Å²) in [6, 6.07) is -0.0568. The van der Waals surface area contributed by atoms with Crippen molar-refractivity contribution in [1.29, 1.82) is 0 Å². The first-order chi connectivity index (χ1) is 7.54. The fourth-order valence-corrected chi connectivity index (χ4v) is 2.13. The van der Waals surface area contributed by atoms with Gasteiger partial charge in [-0.15, -0.1) is 0 Å². The second-order valence-electron chi connectivity index (χ2n) is 5.03. The summed E-state index contributed by atoms with van der Waals surface area (Å²) in [6.07, 6.45) is 6.49. The van der Waals surface area contributed by atoms with Crippen molar-refractivity contribution < 1.29 is 9.53 Å². The lowest BCUT2D eigenvalue weighted by atomic mass is 10.0. The summed E-state index contributed by atoms with van der Waals surface area (Å²) in [6.45, 7) is 5.37. The van der Waals surface area contributed by atoms with E-state index in [4.69, 9.17) is 4.74 Å². The van der Waals surface area contributed by atoms with Crippen LogP contribution >= 0.6 is 0 Å². The third kappa shape index (κ3) is 3.63. The Morgan fingerprint density at radius 1 is 1.56 bits per heavy atom. The van der Waals surface area contributed by atoms with Crippen LogP contribution in [0.5, 0.6) is 0 Å². The molecule has 0 aliphatic carbocycles. The molecule has 1 aliphatic heterocycles. The number of hydrogen-bond acceptors (Lipinski definition) is 3. The minimum atomic E-state index is -0.109. The third-order valence-corrected chi connectivity index (χ3v) is 3.07. The van der Waals surface area contributed by atoms with Crippen LogP contribution in [0, 0.1) is 11.8 Å². The van der Waals surface area contributed by atoms with E-state index in [1.807, 2.05) is 7.05 Å². The van der Waals surface area contributed by atoms with Crippen LogP contribution in [-0.4, -0.2) is 37.6 Å². The summed E-state index contributed by atoms with van der Waals surface area (Å²) in [4.78, 5) is 13.5. The Morgan fingerprint density at radius 3 is 2.81 bits per heavy atom. The summed E-state index contributed by atoms with van der Waals surface area (Å²) >= 11 is 0. The van der Waals surface area contributed by atoms with Crippen molar-refractivity contribution in [2.24, 2.45) is 11.8 Å². The predicted molar refractivity (Wildman–Crippen MR) is 65.1 cm³/mol. The van der Waals surface area contributed by atoms with E-state index in [2.05, 4.69) is 30.9 Å². The van der Waals surface area contributed by atoms with E-state index in [-0.39, 0.29) is 12.0 Å². The maximum atomic E-state index is 11.5. The molecule has 1 heterocycles. The quantitative estimate of drug-likeness (QED) is 0.542. The molecule has 1 fully saturated rings. The number of carbonyl (C=O) groups excluding carboxylic acids is 1. The van der Waals surface area contributed by atoms with Gasteiger partial charge in [0.15, 0.2) is 0 Å². The van der Waals surface area contributed by atoms with Crippen LogP contribution in [0.3, 0.4) is 0 Å². The van der Waals surface area contributed by atoms with Gasteiger partial charge in [-0.25, -0.2) is 0 Å². The molecule has 3 nitrogen and oxygen atoms in total. The lowest BCUT2D eigenvalue weighted by molar-refractivity contribution is -0.145. The normalized spacial score (nSPS) is 26.8. The minimum Gasteiger partial charge on any atom is -0.468 e. The summed E-state index contributed by atoms with van der Waals surface area (Å²) in [5, 5.41) is 0. The molecular weight excluding hydrogens is 202 g/mol. The lowest BCUT2D eigenvalue weighted by Crippen LogP contribution is -2.33. The fraction of sp³-hybridized carbons (Fsp3) is 0.769. The number of likely N-dealkylation sites (N-methyl/N-ethyl adjacent to an activating group) is 1. The van der Waals surface area contributed by atoms with Crippen molar-refractivity contribution in [2.45, 2.75) is 32.7 Å². The van der Waals surface area contributed by atoms with E-state index in [0.29, 0.717) is 11.8 Å². The number of rotatable bonds is 4. The Balaban J connectivity index is 2.44. The number of esters is 1. The fourth-order valence-electron chi connectivity index (χ4n) is 2.13. The highest BCUT2D eigenvalue weighted by molar-refractivity contribution is 5.76. The van der Waals surface area contributed by atoms with Crippen LogP contribution in [0.2, 0.25) is 0 Å². The number of hydrogen-bond donors (Lipinski definition) is 0. The molecule has 3 heteroatoms. The zero-order valence-corrected chi connectivity index (χ0v) is 10.8. The van der Waals surface area contributed by atoms with Gasteiger partial charge in [0.1, 0.15) is 6.04 Å². The second kappa shape index (κ2) is 6.04. The van der Waals surface area contributed by atoms with Gasteiger partial charge < -0.3 is 4.74 Å². The van der Waals surface area contributed by atoms with Gasteiger partial charge >= 0.3 is 5.97 Å². The molecule has 0 N–H and O–H groups in total. The van der Waals surface area contributed by atoms with Crippen molar-refractivity contribution in [3.63, 3.8) is 0 Å². The number of methoxy groups -OCH3 is 1. The molecule has 16 heavy (non-hydrogen) atoms. The summed E-state index contributed by atoms with van der Waals surface area (Å²) in [5.41, 5.74) is 0. The molecule has 1 rings (SSSR count). The van der Waals surface area contributed by atoms with Gasteiger partial charge in [0, 0.05) is 6.54 Å². The molecule has 0 aromatic carbocycles. The van der Waals surface area contributed by atoms with Crippen LogP contribution in [0.1, 0.15) is 26.7 Å². The van der Waals surface area contributed by atoms with E-state index in [1.54, 1.807) is 0 Å². The topological polar surface area (TPSA) is 29.5 Å². The van der Waals surface area contributed by atoms with Crippen molar-refractivity contribution in [3.8, 4) is 0 Å². The Labute approximate surface area is 98.5 Å². The standard InChI is InChI=1S/C13H23NO2/c1-10(2)6-5-7-11-8-12(13(15)16-4)14(3)9-11/h5,7,10-12H,6,8-9H2,1-4H3/b7-5+/t11?,12-/m0/s1. The predicted octanol–water partition coefficient (Wildman–Crippen LogP) is 2.08. The van der Waals surface area contributed by atoms with Gasteiger partial charge in [-0.05, 0) is 31.7 Å². The Morgan fingerprint density at radius 2 is 2.25 bits per heavy atom. The highest BCUT2D eigenvalue weighted by Crippen LogP contribution is 2.23. The first-order valence-electron chi connectivity index (χ1n) is 5.99. The average Bonchev–Trinajstić information content (AvgIpc) is 2.58. The molecule has 0 radical (unpaired) electrons. The SMILES string of the molecule is COC(=O)[C@@H]1CC(/C=C/CC(C)C)CN1C. The maximum Gasteiger partial charge on any atom is 0.323 e. The average molecular weight is 225 g/mol. The molecule has 2 atom stereocenters. The highest BCUT2D eigenvalue weighted by Gasteiger charge is 2.33. The van der Waals surface area contributed by atoms with E-state index >= 15 is 0 Å². The molecule has 0 saturated carbocycles. The van der Waals surface area contributed by atoms with E-state index in [0.717, 1.165) is 19.4 Å². The van der Waals surface area contributed by atoms with Crippen LogP contribution < -0.4 is 0 Å². The molecule has 0 spiro atoms. The first kappa shape index (κ1) is 13.2. The van der Waals surface area contributed by atoms with Crippen molar-refractivity contribution in [1.82, 2.24) is 4.90 Å². The highest BCUT2D eigenvalue weighted by atomic mass is 16.5. The number of ether oxygens (including phenoxy) is 1. The molecule has 1 aliphatic rings. The monoisotopic (exact) mass is 225 g/mol. The molecule has 0 aromatic rings. The van der Waals surface area contributed by atoms with E-state index in [1.165, 1.54) is 7.11 Å². The summed E-state index contributed by atoms with van der Waals surface area (Å²) in [7, 11) is 3.44. The van der Waals surface area contributed by atoms with E-state index < -0.39 is 0 Å². The molecule has 92 valence electrons. The zero-order chi connectivity index (χ0) is 12.1. The van der Waals surface area contributed by atoms with Gasteiger partial charge in [-0.2, -0.15) is 0 Å². The van der Waals surface area contributed by atoms with Crippen LogP contribution in [-0.2, 0) is 9.53 Å². The maximum absolute atomic E-state index is 11.5. The van der Waals surface area contributed by atoms with E-state index in [9.17, 15) is 4.79 Å². The zero-order valence-electron chi connectivity index (χ0n) is 10.8. The van der Waals surface area contributed by atoms with Gasteiger partial charge in [0.25, 0.3) is 0 Å². The number of nitrogens with zero attached hydrogens (tertiary/aromatic N) is 1. The summed E-state index contributed by atoms with van der Waals surface area (Å²) in [5.74, 6) is 1.09. The molecule has 0 aromatic heterocycles. The lowest BCUT2D eigenvalue weighted by Gasteiger charge is -2.15. The molecule has 0 bridgehead atoms. The van der Waals surface area contributed by atoms with Gasteiger partial charge in [-0.3, -0.25) is 9.69 Å². The van der Waals surface area contributed by atoms with Crippen LogP contribution in [0.25, 0.3) is 0 Å². The van der Waals surface area contributed by atoms with Crippen LogP contribution in [0.15, 0.2) is 12.2 Å². The molecule has 1 saturated heterocycles. The van der Waals surface area contributed by atoms with Gasteiger partial charge in [0.05, 0.1) is 7.11 Å². The minimum absolute atomic E-state index is 0.0568. The second-order valence-corrected chi connectivity index (χ2v) is 5.03. The van der Waals surface area contributed by atoms with Gasteiger partial charge in [-0.1, -0.05) is 26.0 Å². The van der Waals surface area contributed by atoms with Crippen molar-refractivity contribution >= 4 is 5.97 Å². The van der Waals surface area contributed by atoms with Crippen molar-refractivity contribution in [3.05, 3.63) is 12.2 Å². The smallest absolute Gasteiger partial charge is 0.323 e. The summed E-state index contributed by atoms with van der Waals surface area (Å²) < 4.78 is 4.79. The largest absolute Gasteiger partial charge is 0.468 e. The van der Waals surface area contributed by atoms with Crippen LogP contribution in [0.4, 0.5) is 0 Å². The third-order valence-electron chi connectivity index (χ3n) is 3.07. The first-order valence-corrected chi connectivity index (χ1v) is 5.99. The number of allylic oxidation sites excluding steroid dienone is 1. The Bertz CT molecular complexity index is 261. The van der Waals surface area contributed by atoms with Gasteiger partial charge in [0.2, 0.25) is 0 Å². The Hall–Kier alpha value is -0.830.